The average molecular weight is 665 g/mol. The number of alkyl halides is 3. The van der Waals surface area contributed by atoms with E-state index in [0.29, 0.717) is 79.0 Å². The van der Waals surface area contributed by atoms with Crippen LogP contribution in [0.5, 0.6) is 5.75 Å². The Morgan fingerprint density at radius 1 is 1.04 bits per heavy atom. The van der Waals surface area contributed by atoms with Gasteiger partial charge in [0, 0.05) is 42.1 Å². The first-order valence-electron chi connectivity index (χ1n) is 15.7. The first-order valence-corrected chi connectivity index (χ1v) is 15.7. The summed E-state index contributed by atoms with van der Waals surface area (Å²) in [5.74, 6) is -0.288. The molecule has 1 aliphatic rings. The summed E-state index contributed by atoms with van der Waals surface area (Å²) in [6.45, 7) is -0.527. The third-order valence-corrected chi connectivity index (χ3v) is 8.41. The summed E-state index contributed by atoms with van der Waals surface area (Å²) in [6, 6.07) is 19.4. The molecule has 48 heavy (non-hydrogen) atoms. The number of aryl methyl sites for hydroxylation is 3. The van der Waals surface area contributed by atoms with Crippen molar-refractivity contribution in [1.29, 1.82) is 0 Å². The van der Waals surface area contributed by atoms with Crippen LogP contribution in [0.25, 0.3) is 32.8 Å². The van der Waals surface area contributed by atoms with Gasteiger partial charge in [-0.25, -0.2) is 9.59 Å². The van der Waals surface area contributed by atoms with E-state index in [0.717, 1.165) is 21.9 Å². The Kier molecular flexibility index (Phi) is 9.58. The lowest BCUT2D eigenvalue weighted by Gasteiger charge is -2.13. The summed E-state index contributed by atoms with van der Waals surface area (Å²) >= 11 is 0. The Bertz CT molecular complexity index is 1960. The zero-order valence-corrected chi connectivity index (χ0v) is 26.3. The van der Waals surface area contributed by atoms with Crippen LogP contribution in [0.4, 0.5) is 18.0 Å². The normalized spacial score (nSPS) is 13.6. The molecule has 3 heterocycles. The summed E-state index contributed by atoms with van der Waals surface area (Å²) in [7, 11) is 1.71. The molecule has 0 unspecified atom stereocenters. The monoisotopic (exact) mass is 664 g/mol. The average Bonchev–Trinajstić information content (AvgIpc) is 3.54. The zero-order chi connectivity index (χ0) is 33.8. The number of para-hydroxylation sites is 1. The summed E-state index contributed by atoms with van der Waals surface area (Å²) in [5, 5.41) is 19.6. The lowest BCUT2D eigenvalue weighted by atomic mass is 9.98. The highest BCUT2D eigenvalue weighted by Crippen LogP contribution is 2.39. The molecule has 6 rings (SSSR count). The van der Waals surface area contributed by atoms with E-state index in [1.807, 2.05) is 65.2 Å². The Labute approximate surface area is 274 Å². The van der Waals surface area contributed by atoms with Crippen molar-refractivity contribution < 1.29 is 42.1 Å². The van der Waals surface area contributed by atoms with E-state index < -0.39 is 31.4 Å². The summed E-state index contributed by atoms with van der Waals surface area (Å²) in [4.78, 5) is 25.0. The molecule has 0 atom stereocenters. The molecular formula is C35H35F3N4O6. The van der Waals surface area contributed by atoms with Crippen LogP contribution in [0.1, 0.15) is 46.7 Å². The minimum atomic E-state index is -4.59. The number of hydrogen-bond acceptors (Lipinski definition) is 6. The second kappa shape index (κ2) is 14.0. The number of carbonyl (C=O) groups is 2. The lowest BCUT2D eigenvalue weighted by Crippen LogP contribution is -2.34. The van der Waals surface area contributed by atoms with Crippen LogP contribution in [0.3, 0.4) is 0 Å². The predicted molar refractivity (Wildman–Crippen MR) is 172 cm³/mol. The maximum absolute atomic E-state index is 12.9. The fourth-order valence-corrected chi connectivity index (χ4v) is 6.35. The standard InChI is InChI=1S/C35H35F3N4O6/c1-41-28-20-46-17-5-4-16-42-31-24(12-7-13-26(31)30(28)27(40-41)19-48-34(45)39-21-35(36,37)38)25(32(42)33(43)44)14-8-18-47-29-15-6-10-22-9-2-3-11-23(22)29/h2-3,6-7,9-13,15H,4-5,8,14,16-21H2,1H3,(H,39,45)(H,43,44). The van der Waals surface area contributed by atoms with Crippen LogP contribution in [0.2, 0.25) is 0 Å². The fourth-order valence-electron chi connectivity index (χ4n) is 6.35. The highest BCUT2D eigenvalue weighted by atomic mass is 19.4. The maximum Gasteiger partial charge on any atom is 0.407 e. The van der Waals surface area contributed by atoms with E-state index in [-0.39, 0.29) is 12.3 Å². The number of ether oxygens (including phenoxy) is 3. The summed E-state index contributed by atoms with van der Waals surface area (Å²) in [6.07, 6.45) is -3.46. The molecule has 0 radical (unpaired) electrons. The molecule has 252 valence electrons. The molecule has 0 bridgehead atoms. The van der Waals surface area contributed by atoms with Crippen molar-refractivity contribution in [2.45, 2.75) is 51.6 Å². The number of amides is 1. The van der Waals surface area contributed by atoms with Gasteiger partial charge in [-0.15, -0.1) is 0 Å². The second-order valence-corrected chi connectivity index (χ2v) is 11.6. The topological polar surface area (TPSA) is 117 Å². The molecule has 3 aromatic carbocycles. The number of rotatable bonds is 9. The van der Waals surface area contributed by atoms with E-state index in [1.165, 1.54) is 0 Å². The largest absolute Gasteiger partial charge is 0.493 e. The number of benzene rings is 3. The second-order valence-electron chi connectivity index (χ2n) is 11.6. The number of alkyl carbamates (subject to hydrolysis) is 1. The molecule has 0 aliphatic carbocycles. The summed E-state index contributed by atoms with van der Waals surface area (Å²) in [5.41, 5.74) is 3.78. The van der Waals surface area contributed by atoms with Crippen molar-refractivity contribution in [2.75, 3.05) is 19.8 Å². The number of carbonyl (C=O) groups excluding carboxylic acids is 1. The highest BCUT2D eigenvalue weighted by molar-refractivity contribution is 6.04. The van der Waals surface area contributed by atoms with Crippen molar-refractivity contribution in [3.63, 3.8) is 0 Å². The minimum absolute atomic E-state index is 0.181. The van der Waals surface area contributed by atoms with Gasteiger partial charge in [-0.3, -0.25) is 4.68 Å². The first kappa shape index (κ1) is 32.9. The van der Waals surface area contributed by atoms with E-state index in [2.05, 4.69) is 5.10 Å². The molecule has 2 aromatic heterocycles. The van der Waals surface area contributed by atoms with Crippen molar-refractivity contribution in [2.24, 2.45) is 7.05 Å². The van der Waals surface area contributed by atoms with E-state index in [1.54, 1.807) is 17.0 Å². The quantitative estimate of drug-likeness (QED) is 0.163. The maximum atomic E-state index is 12.9. The van der Waals surface area contributed by atoms with Crippen molar-refractivity contribution in [3.05, 3.63) is 83.3 Å². The molecule has 0 saturated heterocycles. The molecule has 5 aromatic rings. The van der Waals surface area contributed by atoms with Gasteiger partial charge in [0.1, 0.15) is 30.3 Å². The Morgan fingerprint density at radius 2 is 1.81 bits per heavy atom. The van der Waals surface area contributed by atoms with Gasteiger partial charge in [0.15, 0.2) is 0 Å². The van der Waals surface area contributed by atoms with E-state index in [9.17, 15) is 27.9 Å². The fraction of sp³-hybridized carbons (Fsp3) is 0.343. The van der Waals surface area contributed by atoms with Gasteiger partial charge in [0.2, 0.25) is 0 Å². The number of hydrogen-bond donors (Lipinski definition) is 2. The van der Waals surface area contributed by atoms with Crippen LogP contribution in [-0.4, -0.2) is 57.5 Å². The Hall–Kier alpha value is -5.04. The molecule has 2 N–H and O–H groups in total. The van der Waals surface area contributed by atoms with Crippen molar-refractivity contribution in [3.8, 4) is 16.9 Å². The number of fused-ring (bicyclic) bond motifs is 3. The summed E-state index contributed by atoms with van der Waals surface area (Å²) < 4.78 is 58.6. The first-order chi connectivity index (χ1) is 23.1. The number of aromatic carboxylic acids is 1. The van der Waals surface area contributed by atoms with Gasteiger partial charge in [0.05, 0.1) is 24.4 Å². The number of carboxylic acid groups (broad SMARTS) is 1. The SMILES string of the molecule is Cn1nc(COC(=O)NCC(F)(F)F)c2c1COCCCCn1c(C(=O)O)c(CCCOc3cccc4ccccc34)c3cccc-2c31. The zero-order valence-electron chi connectivity index (χ0n) is 26.3. The molecule has 1 amide bonds. The molecule has 1 aliphatic heterocycles. The predicted octanol–water partition coefficient (Wildman–Crippen LogP) is 7.00. The van der Waals surface area contributed by atoms with Gasteiger partial charge in [0.25, 0.3) is 0 Å². The van der Waals surface area contributed by atoms with Crippen LogP contribution < -0.4 is 10.1 Å². The Morgan fingerprint density at radius 3 is 2.62 bits per heavy atom. The Balaban J connectivity index is 1.36. The number of halogens is 3. The number of aromatic nitrogens is 3. The molecular weight excluding hydrogens is 629 g/mol. The third-order valence-electron chi connectivity index (χ3n) is 8.41. The van der Waals surface area contributed by atoms with Crippen molar-refractivity contribution in [1.82, 2.24) is 19.7 Å². The molecule has 10 nitrogen and oxygen atoms in total. The number of carboxylic acids is 1. The number of nitrogens with zero attached hydrogens (tertiary/aromatic N) is 3. The minimum Gasteiger partial charge on any atom is -0.493 e. The molecule has 0 saturated carbocycles. The van der Waals surface area contributed by atoms with E-state index in [4.69, 9.17) is 14.2 Å². The van der Waals surface area contributed by atoms with Crippen molar-refractivity contribution >= 4 is 33.7 Å². The van der Waals surface area contributed by atoms with Gasteiger partial charge < -0.3 is 29.2 Å². The molecule has 13 heteroatoms. The smallest absolute Gasteiger partial charge is 0.407 e. The van der Waals surface area contributed by atoms with Gasteiger partial charge >= 0.3 is 18.2 Å². The third kappa shape index (κ3) is 6.96. The van der Waals surface area contributed by atoms with Gasteiger partial charge in [-0.2, -0.15) is 18.3 Å². The van der Waals surface area contributed by atoms with Gasteiger partial charge in [-0.1, -0.05) is 54.6 Å². The van der Waals surface area contributed by atoms with Crippen LogP contribution in [0, 0.1) is 0 Å². The van der Waals surface area contributed by atoms with Crippen LogP contribution in [-0.2, 0) is 42.7 Å². The molecule has 0 fully saturated rings. The van der Waals surface area contributed by atoms with Crippen LogP contribution in [0.15, 0.2) is 60.7 Å². The number of nitrogens with one attached hydrogen (secondary N) is 1. The lowest BCUT2D eigenvalue weighted by molar-refractivity contribution is -0.123. The van der Waals surface area contributed by atoms with Gasteiger partial charge in [-0.05, 0) is 42.7 Å². The highest BCUT2D eigenvalue weighted by Gasteiger charge is 2.30. The molecule has 0 spiro atoms. The van der Waals surface area contributed by atoms with Crippen LogP contribution >= 0.6 is 0 Å². The van der Waals surface area contributed by atoms with E-state index >= 15 is 0 Å².